The topological polar surface area (TPSA) is 86.7 Å². The first-order valence-electron chi connectivity index (χ1n) is 12.4. The third kappa shape index (κ3) is 6.91. The molecule has 1 saturated carbocycles. The Hall–Kier alpha value is -2.26. The number of anilines is 1. The van der Waals surface area contributed by atoms with Crippen molar-refractivity contribution in [2.24, 2.45) is 11.8 Å². The van der Waals surface area contributed by atoms with Crippen LogP contribution in [0.5, 0.6) is 6.01 Å². The molecule has 1 saturated heterocycles. The molecule has 192 valence electrons. The highest BCUT2D eigenvalue weighted by molar-refractivity contribution is 6.30. The van der Waals surface area contributed by atoms with Gasteiger partial charge in [-0.2, -0.15) is 9.97 Å². The molecule has 4 rings (SSSR count). The van der Waals surface area contributed by atoms with Gasteiger partial charge in [0.1, 0.15) is 16.9 Å². The van der Waals surface area contributed by atoms with E-state index in [9.17, 15) is 9.18 Å². The van der Waals surface area contributed by atoms with Gasteiger partial charge >= 0.3 is 12.0 Å². The molecule has 2 bridgehead atoms. The average Bonchev–Trinajstić information content (AvgIpc) is 3.14. The van der Waals surface area contributed by atoms with Crippen molar-refractivity contribution in [1.29, 1.82) is 0 Å². The largest absolute Gasteiger partial charge is 0.463 e. The van der Waals surface area contributed by atoms with Crippen molar-refractivity contribution in [3.63, 3.8) is 0 Å². The number of esters is 1. The molecule has 0 aromatic carbocycles. The summed E-state index contributed by atoms with van der Waals surface area (Å²) in [6, 6.07) is 0.137. The maximum absolute atomic E-state index is 14.8. The highest BCUT2D eigenvalue weighted by atomic mass is 35.5. The SMILES string of the molecule is CC(C)(C)OC(=O)CCOCCCCOc1nc(N2CC3CCC(C3)C2)c2cnc(Cl)c(F)c2n1. The zero-order valence-corrected chi connectivity index (χ0v) is 21.4. The number of hydrogen-bond acceptors (Lipinski definition) is 8. The van der Waals surface area contributed by atoms with Crippen LogP contribution in [-0.4, -0.2) is 59.4 Å². The number of rotatable bonds is 10. The zero-order valence-electron chi connectivity index (χ0n) is 20.7. The fourth-order valence-corrected chi connectivity index (χ4v) is 4.94. The minimum atomic E-state index is -0.656. The summed E-state index contributed by atoms with van der Waals surface area (Å²) in [5, 5.41) is 0.342. The van der Waals surface area contributed by atoms with E-state index >= 15 is 0 Å². The van der Waals surface area contributed by atoms with Gasteiger partial charge in [0.25, 0.3) is 0 Å². The minimum absolute atomic E-state index is 0.133. The average molecular weight is 509 g/mol. The lowest BCUT2D eigenvalue weighted by Crippen LogP contribution is -2.37. The summed E-state index contributed by atoms with van der Waals surface area (Å²) < 4.78 is 31.4. The molecule has 3 heterocycles. The smallest absolute Gasteiger partial charge is 0.319 e. The molecule has 2 aromatic heterocycles. The van der Waals surface area contributed by atoms with Crippen LogP contribution in [0, 0.1) is 17.7 Å². The molecule has 10 heteroatoms. The number of pyridine rings is 1. The van der Waals surface area contributed by atoms with E-state index in [-0.39, 0.29) is 29.1 Å². The van der Waals surface area contributed by atoms with Crippen LogP contribution in [0.3, 0.4) is 0 Å². The van der Waals surface area contributed by atoms with E-state index in [1.807, 2.05) is 20.8 Å². The van der Waals surface area contributed by atoms with Gasteiger partial charge in [-0.1, -0.05) is 11.6 Å². The van der Waals surface area contributed by atoms with Crippen LogP contribution >= 0.6 is 11.6 Å². The second-order valence-electron chi connectivity index (χ2n) is 10.4. The predicted molar refractivity (Wildman–Crippen MR) is 131 cm³/mol. The van der Waals surface area contributed by atoms with E-state index in [1.54, 1.807) is 6.20 Å². The Kier molecular flexibility index (Phi) is 8.27. The van der Waals surface area contributed by atoms with E-state index in [4.69, 9.17) is 25.8 Å². The summed E-state index contributed by atoms with van der Waals surface area (Å²) in [6.07, 6.45) is 6.93. The minimum Gasteiger partial charge on any atom is -0.463 e. The lowest BCUT2D eigenvalue weighted by atomic mass is 9.99. The second-order valence-corrected chi connectivity index (χ2v) is 10.8. The Morgan fingerprint density at radius 2 is 1.86 bits per heavy atom. The van der Waals surface area contributed by atoms with Crippen LogP contribution in [0.4, 0.5) is 10.2 Å². The van der Waals surface area contributed by atoms with Gasteiger partial charge in [-0.05, 0) is 64.7 Å². The van der Waals surface area contributed by atoms with Crippen molar-refractivity contribution in [3.05, 3.63) is 17.2 Å². The predicted octanol–water partition coefficient (Wildman–Crippen LogP) is 4.96. The third-order valence-corrected chi connectivity index (χ3v) is 6.56. The number of piperidine rings is 1. The quantitative estimate of drug-likeness (QED) is 0.253. The first kappa shape index (κ1) is 25.8. The molecule has 2 unspecified atom stereocenters. The Labute approximate surface area is 210 Å². The summed E-state index contributed by atoms with van der Waals surface area (Å²) >= 11 is 5.93. The number of carbonyl (C=O) groups is 1. The van der Waals surface area contributed by atoms with Crippen LogP contribution in [0.25, 0.3) is 10.9 Å². The highest BCUT2D eigenvalue weighted by Crippen LogP contribution is 2.40. The Morgan fingerprint density at radius 1 is 1.14 bits per heavy atom. The van der Waals surface area contributed by atoms with Crippen LogP contribution in [-0.2, 0) is 14.3 Å². The van der Waals surface area contributed by atoms with Gasteiger partial charge in [0.2, 0.25) is 0 Å². The highest BCUT2D eigenvalue weighted by Gasteiger charge is 2.34. The lowest BCUT2D eigenvalue weighted by Gasteiger charge is -2.33. The molecule has 1 aliphatic carbocycles. The number of carbonyl (C=O) groups excluding carboxylic acids is 1. The monoisotopic (exact) mass is 508 g/mol. The van der Waals surface area contributed by atoms with Crippen LogP contribution in [0.15, 0.2) is 6.20 Å². The van der Waals surface area contributed by atoms with Crippen LogP contribution in [0.2, 0.25) is 5.15 Å². The molecule has 2 fully saturated rings. The molecule has 2 atom stereocenters. The van der Waals surface area contributed by atoms with Gasteiger partial charge < -0.3 is 19.1 Å². The van der Waals surface area contributed by atoms with E-state index < -0.39 is 11.4 Å². The van der Waals surface area contributed by atoms with E-state index in [1.165, 1.54) is 19.3 Å². The third-order valence-electron chi connectivity index (χ3n) is 6.29. The van der Waals surface area contributed by atoms with Crippen molar-refractivity contribution in [3.8, 4) is 6.01 Å². The summed E-state index contributed by atoms with van der Waals surface area (Å²) in [7, 11) is 0. The van der Waals surface area contributed by atoms with Crippen molar-refractivity contribution >= 4 is 34.3 Å². The first-order chi connectivity index (χ1) is 16.7. The van der Waals surface area contributed by atoms with Gasteiger partial charge in [0.05, 0.1) is 25.0 Å². The van der Waals surface area contributed by atoms with Gasteiger partial charge in [0.15, 0.2) is 11.0 Å². The molecule has 35 heavy (non-hydrogen) atoms. The number of halogens is 2. The molecule has 2 aromatic rings. The fourth-order valence-electron chi connectivity index (χ4n) is 4.81. The summed E-state index contributed by atoms with van der Waals surface area (Å²) in [5.74, 6) is 1.02. The molecule has 0 spiro atoms. The lowest BCUT2D eigenvalue weighted by molar-refractivity contribution is -0.156. The number of ether oxygens (including phenoxy) is 3. The summed E-state index contributed by atoms with van der Waals surface area (Å²) in [6.45, 7) is 8.49. The maximum Gasteiger partial charge on any atom is 0.319 e. The number of aromatic nitrogens is 3. The zero-order chi connectivity index (χ0) is 25.0. The molecule has 0 radical (unpaired) electrons. The van der Waals surface area contributed by atoms with E-state index in [0.717, 1.165) is 19.5 Å². The molecule has 1 aliphatic heterocycles. The van der Waals surface area contributed by atoms with Gasteiger partial charge in [0, 0.05) is 25.9 Å². The fraction of sp³-hybridized carbons (Fsp3) is 0.680. The Bertz CT molecular complexity index is 1040. The molecule has 2 aliphatic rings. The van der Waals surface area contributed by atoms with E-state index in [2.05, 4.69) is 19.9 Å². The van der Waals surface area contributed by atoms with Crippen molar-refractivity contribution in [2.45, 2.75) is 64.9 Å². The van der Waals surface area contributed by atoms with E-state index in [0.29, 0.717) is 49.3 Å². The number of nitrogens with zero attached hydrogens (tertiary/aromatic N) is 4. The van der Waals surface area contributed by atoms with Crippen molar-refractivity contribution in [2.75, 3.05) is 37.8 Å². The number of unbranched alkanes of at least 4 members (excludes halogenated alkanes) is 1. The maximum atomic E-state index is 14.8. The molecule has 8 nitrogen and oxygen atoms in total. The Morgan fingerprint density at radius 3 is 2.57 bits per heavy atom. The van der Waals surface area contributed by atoms with Gasteiger partial charge in [-0.15, -0.1) is 0 Å². The molecular formula is C25H34ClFN4O4. The second kappa shape index (κ2) is 11.2. The van der Waals surface area contributed by atoms with Crippen molar-refractivity contribution in [1.82, 2.24) is 15.0 Å². The van der Waals surface area contributed by atoms with Gasteiger partial charge in [-0.3, -0.25) is 4.79 Å². The van der Waals surface area contributed by atoms with Crippen LogP contribution < -0.4 is 9.64 Å². The number of fused-ring (bicyclic) bond motifs is 3. The standard InChI is InChI=1S/C25H34ClFN4O4/c1-25(2,3)35-19(32)8-11-33-9-4-5-10-34-24-29-21-18(13-28-22(26)20(21)27)23(30-24)31-14-16-6-7-17(12-16)15-31/h13,16-17H,4-12,14-15H2,1-3H3. The Balaban J connectivity index is 1.31. The molecular weight excluding hydrogens is 475 g/mol. The normalized spacial score (nSPS) is 19.9. The molecule has 0 amide bonds. The molecule has 0 N–H and O–H groups in total. The van der Waals surface area contributed by atoms with Crippen LogP contribution in [0.1, 0.15) is 59.3 Å². The first-order valence-corrected chi connectivity index (χ1v) is 12.8. The van der Waals surface area contributed by atoms with Crippen molar-refractivity contribution < 1.29 is 23.4 Å². The summed E-state index contributed by atoms with van der Waals surface area (Å²) in [4.78, 5) is 26.8. The number of hydrogen-bond donors (Lipinski definition) is 0. The summed E-state index contributed by atoms with van der Waals surface area (Å²) in [5.41, 5.74) is -0.356. The van der Waals surface area contributed by atoms with Gasteiger partial charge in [-0.25, -0.2) is 9.37 Å².